The molecule has 2 rings (SSSR count). The summed E-state index contributed by atoms with van der Waals surface area (Å²) in [6, 6.07) is 5.61. The fraction of sp³-hybridized carbons (Fsp3) is 0.308. The summed E-state index contributed by atoms with van der Waals surface area (Å²) >= 11 is 20.0. The summed E-state index contributed by atoms with van der Waals surface area (Å²) in [5.74, 6) is 0. The third kappa shape index (κ3) is 3.18. The zero-order chi connectivity index (χ0) is 13.3. The summed E-state index contributed by atoms with van der Waals surface area (Å²) in [5, 5.41) is 2.10. The second kappa shape index (κ2) is 5.79. The van der Waals surface area contributed by atoms with Gasteiger partial charge in [-0.3, -0.25) is 0 Å². The molecule has 96 valence electrons. The minimum absolute atomic E-state index is 0.0755. The fourth-order valence-corrected chi connectivity index (χ4v) is 3.50. The molecule has 1 heterocycles. The predicted molar refractivity (Wildman–Crippen MR) is 80.3 cm³/mol. The van der Waals surface area contributed by atoms with Crippen LogP contribution in [0.4, 0.5) is 0 Å². The topological polar surface area (TPSA) is 12.9 Å². The van der Waals surface area contributed by atoms with Crippen molar-refractivity contribution >= 4 is 46.1 Å². The average molecular weight is 321 g/mol. The first-order valence-corrected chi connectivity index (χ1v) is 7.50. The van der Waals surface area contributed by atoms with Crippen LogP contribution in [0.1, 0.15) is 26.5 Å². The van der Waals surface area contributed by atoms with E-state index in [-0.39, 0.29) is 5.38 Å². The molecule has 1 aromatic heterocycles. The number of halogens is 3. The Morgan fingerprint density at radius 1 is 1.22 bits per heavy atom. The van der Waals surface area contributed by atoms with E-state index in [0.29, 0.717) is 10.0 Å². The number of alkyl halides is 1. The monoisotopic (exact) mass is 319 g/mol. The molecule has 0 N–H and O–H groups in total. The molecule has 0 amide bonds. The predicted octanol–water partition coefficient (Wildman–Crippen LogP) is 5.59. The first kappa shape index (κ1) is 14.1. The van der Waals surface area contributed by atoms with Crippen LogP contribution in [-0.2, 0) is 6.42 Å². The Morgan fingerprint density at radius 2 is 1.94 bits per heavy atom. The lowest BCUT2D eigenvalue weighted by Gasteiger charge is -2.09. The normalized spacial score (nSPS) is 12.7. The van der Waals surface area contributed by atoms with Crippen molar-refractivity contribution in [3.63, 3.8) is 0 Å². The highest BCUT2D eigenvalue weighted by Gasteiger charge is 2.16. The molecule has 5 heteroatoms. The number of aryl methyl sites for hydroxylation is 2. The SMILES string of the molecule is Cc1nc(C)c(C(Cl)Cc2ccc(Cl)c(Cl)c2)s1. The summed E-state index contributed by atoms with van der Waals surface area (Å²) in [4.78, 5) is 5.52. The summed E-state index contributed by atoms with van der Waals surface area (Å²) in [5.41, 5.74) is 2.09. The van der Waals surface area contributed by atoms with E-state index in [1.165, 1.54) is 0 Å². The molecule has 0 fully saturated rings. The lowest BCUT2D eigenvalue weighted by atomic mass is 10.1. The van der Waals surface area contributed by atoms with Crippen LogP contribution in [0, 0.1) is 13.8 Å². The second-order valence-electron chi connectivity index (χ2n) is 4.10. The van der Waals surface area contributed by atoms with Gasteiger partial charge in [-0.05, 0) is 38.0 Å². The van der Waals surface area contributed by atoms with Crippen LogP contribution in [0.15, 0.2) is 18.2 Å². The van der Waals surface area contributed by atoms with Crippen molar-refractivity contribution in [2.45, 2.75) is 25.6 Å². The Kier molecular flexibility index (Phi) is 4.54. The molecule has 1 aromatic carbocycles. The minimum atomic E-state index is -0.0755. The van der Waals surface area contributed by atoms with E-state index in [9.17, 15) is 0 Å². The van der Waals surface area contributed by atoms with E-state index in [2.05, 4.69) is 4.98 Å². The number of rotatable bonds is 3. The van der Waals surface area contributed by atoms with Crippen LogP contribution in [-0.4, -0.2) is 4.98 Å². The third-order valence-corrected chi connectivity index (χ3v) is 5.05. The Bertz CT molecular complexity index is 565. The van der Waals surface area contributed by atoms with Gasteiger partial charge in [0.25, 0.3) is 0 Å². The molecule has 1 unspecified atom stereocenters. The molecule has 0 bridgehead atoms. The molecule has 2 aromatic rings. The smallest absolute Gasteiger partial charge is 0.0900 e. The van der Waals surface area contributed by atoms with Gasteiger partial charge in [0.15, 0.2) is 0 Å². The maximum absolute atomic E-state index is 6.45. The number of hydrogen-bond donors (Lipinski definition) is 0. The van der Waals surface area contributed by atoms with Crippen molar-refractivity contribution in [2.24, 2.45) is 0 Å². The summed E-state index contributed by atoms with van der Waals surface area (Å²) in [6.07, 6.45) is 0.723. The molecule has 1 atom stereocenters. The molecule has 0 aliphatic rings. The van der Waals surface area contributed by atoms with E-state index in [1.54, 1.807) is 17.4 Å². The molecular formula is C13H12Cl3NS. The first-order valence-electron chi connectivity index (χ1n) is 5.49. The van der Waals surface area contributed by atoms with E-state index >= 15 is 0 Å². The van der Waals surface area contributed by atoms with Crippen LogP contribution in [0.3, 0.4) is 0 Å². The Labute approximate surface area is 126 Å². The second-order valence-corrected chi connectivity index (χ2v) is 6.68. The lowest BCUT2D eigenvalue weighted by molar-refractivity contribution is 0.923. The summed E-state index contributed by atoms with van der Waals surface area (Å²) in [7, 11) is 0. The van der Waals surface area contributed by atoms with Gasteiger partial charge < -0.3 is 0 Å². The standard InChI is InChI=1S/C13H12Cl3NS/c1-7-13(18-8(2)17-7)12(16)6-9-3-4-10(14)11(15)5-9/h3-5,12H,6H2,1-2H3. The minimum Gasteiger partial charge on any atom is -0.247 e. The molecule has 0 saturated carbocycles. The van der Waals surface area contributed by atoms with Crippen LogP contribution in [0.5, 0.6) is 0 Å². The van der Waals surface area contributed by atoms with Crippen molar-refractivity contribution < 1.29 is 0 Å². The van der Waals surface area contributed by atoms with Gasteiger partial charge in [-0.15, -0.1) is 22.9 Å². The third-order valence-electron chi connectivity index (χ3n) is 2.62. The molecule has 18 heavy (non-hydrogen) atoms. The highest BCUT2D eigenvalue weighted by Crippen LogP contribution is 2.33. The van der Waals surface area contributed by atoms with Crippen LogP contribution < -0.4 is 0 Å². The number of aromatic nitrogens is 1. The van der Waals surface area contributed by atoms with Gasteiger partial charge in [0, 0.05) is 4.88 Å². The van der Waals surface area contributed by atoms with Crippen LogP contribution >= 0.6 is 46.1 Å². The highest BCUT2D eigenvalue weighted by atomic mass is 35.5. The molecule has 0 saturated heterocycles. The first-order chi connectivity index (χ1) is 8.47. The number of thiazole rings is 1. The van der Waals surface area contributed by atoms with E-state index in [0.717, 1.165) is 27.6 Å². The van der Waals surface area contributed by atoms with Gasteiger partial charge in [-0.25, -0.2) is 4.98 Å². The lowest BCUT2D eigenvalue weighted by Crippen LogP contribution is -1.95. The fourth-order valence-electron chi connectivity index (χ4n) is 1.80. The van der Waals surface area contributed by atoms with Gasteiger partial charge in [0.05, 0.1) is 26.1 Å². The van der Waals surface area contributed by atoms with Gasteiger partial charge >= 0.3 is 0 Å². The quantitative estimate of drug-likeness (QED) is 0.672. The Balaban J connectivity index is 2.18. The maximum Gasteiger partial charge on any atom is 0.0900 e. The molecule has 0 aliphatic heterocycles. The van der Waals surface area contributed by atoms with Crippen LogP contribution in [0.25, 0.3) is 0 Å². The van der Waals surface area contributed by atoms with Gasteiger partial charge in [-0.2, -0.15) is 0 Å². The number of hydrogen-bond acceptors (Lipinski definition) is 2. The zero-order valence-electron chi connectivity index (χ0n) is 10.0. The van der Waals surface area contributed by atoms with Gasteiger partial charge in [0.1, 0.15) is 0 Å². The van der Waals surface area contributed by atoms with Crippen molar-refractivity contribution in [1.29, 1.82) is 0 Å². The molecule has 0 spiro atoms. The van der Waals surface area contributed by atoms with E-state index in [4.69, 9.17) is 34.8 Å². The highest BCUT2D eigenvalue weighted by molar-refractivity contribution is 7.12. The molecule has 0 radical (unpaired) electrons. The molecular weight excluding hydrogens is 309 g/mol. The number of benzene rings is 1. The maximum atomic E-state index is 6.45. The molecule has 1 nitrogen and oxygen atoms in total. The Morgan fingerprint density at radius 3 is 2.50 bits per heavy atom. The summed E-state index contributed by atoms with van der Waals surface area (Å²) < 4.78 is 0. The van der Waals surface area contributed by atoms with Crippen LogP contribution in [0.2, 0.25) is 10.0 Å². The summed E-state index contributed by atoms with van der Waals surface area (Å²) in [6.45, 7) is 3.98. The molecule has 0 aliphatic carbocycles. The van der Waals surface area contributed by atoms with Crippen molar-refractivity contribution in [3.05, 3.63) is 49.4 Å². The van der Waals surface area contributed by atoms with E-state index < -0.39 is 0 Å². The van der Waals surface area contributed by atoms with Crippen molar-refractivity contribution in [3.8, 4) is 0 Å². The average Bonchev–Trinajstić information content (AvgIpc) is 2.63. The van der Waals surface area contributed by atoms with Crippen molar-refractivity contribution in [1.82, 2.24) is 4.98 Å². The Hall–Kier alpha value is -0.280. The van der Waals surface area contributed by atoms with E-state index in [1.807, 2.05) is 26.0 Å². The van der Waals surface area contributed by atoms with Gasteiger partial charge in [0.2, 0.25) is 0 Å². The largest absolute Gasteiger partial charge is 0.247 e. The van der Waals surface area contributed by atoms with Gasteiger partial charge in [-0.1, -0.05) is 29.3 Å². The number of nitrogens with zero attached hydrogens (tertiary/aromatic N) is 1. The zero-order valence-corrected chi connectivity index (χ0v) is 13.1. The van der Waals surface area contributed by atoms with Crippen molar-refractivity contribution in [2.75, 3.05) is 0 Å².